The van der Waals surface area contributed by atoms with Gasteiger partial charge in [0.05, 0.1) is 28.9 Å². The minimum atomic E-state index is -0.486. The topological polar surface area (TPSA) is 95.1 Å². The fourth-order valence-electron chi connectivity index (χ4n) is 3.18. The van der Waals surface area contributed by atoms with Gasteiger partial charge in [-0.25, -0.2) is 10.4 Å². The van der Waals surface area contributed by atoms with E-state index in [1.54, 1.807) is 13.1 Å². The summed E-state index contributed by atoms with van der Waals surface area (Å²) in [4.78, 5) is 16.9. The minimum Gasteiger partial charge on any atom is -0.350 e. The van der Waals surface area contributed by atoms with E-state index in [0.717, 1.165) is 26.7 Å². The van der Waals surface area contributed by atoms with Gasteiger partial charge in [-0.15, -0.1) is 0 Å². The summed E-state index contributed by atoms with van der Waals surface area (Å²) < 4.78 is 3.09. The SMILES string of the molecule is C[C@H](Nc1nc2ccccc2s1)C(=O)N/N=C\c1cn(CCC#N)c2ccccc12. The molecule has 2 aromatic heterocycles. The van der Waals surface area contributed by atoms with Crippen LogP contribution in [0, 0.1) is 11.3 Å². The third-order valence-corrected chi connectivity index (χ3v) is 5.66. The Morgan fingerprint density at radius 3 is 2.93 bits per heavy atom. The first-order valence-electron chi connectivity index (χ1n) is 9.55. The number of hydrogen-bond donors (Lipinski definition) is 2. The molecular formula is C22H20N6OS. The minimum absolute atomic E-state index is 0.251. The number of anilines is 1. The molecular weight excluding hydrogens is 396 g/mol. The molecule has 0 aliphatic heterocycles. The van der Waals surface area contributed by atoms with Crippen molar-refractivity contribution in [2.45, 2.75) is 25.9 Å². The number of aromatic nitrogens is 2. The van der Waals surface area contributed by atoms with Crippen molar-refractivity contribution in [3.05, 3.63) is 60.3 Å². The van der Waals surface area contributed by atoms with Gasteiger partial charge in [0, 0.05) is 29.2 Å². The Kier molecular flexibility index (Phi) is 5.72. The number of thiazole rings is 1. The molecule has 2 N–H and O–H groups in total. The quantitative estimate of drug-likeness (QED) is 0.350. The van der Waals surface area contributed by atoms with Crippen LogP contribution in [-0.4, -0.2) is 27.7 Å². The fourth-order valence-corrected chi connectivity index (χ4v) is 4.13. The molecule has 0 aliphatic carbocycles. The molecule has 8 heteroatoms. The first kappa shape index (κ1) is 19.6. The highest BCUT2D eigenvalue weighted by atomic mass is 32.1. The van der Waals surface area contributed by atoms with Crippen LogP contribution in [0.15, 0.2) is 59.8 Å². The van der Waals surface area contributed by atoms with Crippen LogP contribution in [0.4, 0.5) is 5.13 Å². The number of nitriles is 1. The molecule has 1 amide bonds. The van der Waals surface area contributed by atoms with Crippen LogP contribution < -0.4 is 10.7 Å². The summed E-state index contributed by atoms with van der Waals surface area (Å²) in [6.07, 6.45) is 4.01. The van der Waals surface area contributed by atoms with Crippen molar-refractivity contribution in [3.8, 4) is 6.07 Å². The van der Waals surface area contributed by atoms with E-state index in [9.17, 15) is 4.79 Å². The highest BCUT2D eigenvalue weighted by Gasteiger charge is 2.14. The van der Waals surface area contributed by atoms with E-state index in [1.165, 1.54) is 11.3 Å². The summed E-state index contributed by atoms with van der Waals surface area (Å²) in [7, 11) is 0. The molecule has 4 aromatic rings. The molecule has 0 fully saturated rings. The molecule has 30 heavy (non-hydrogen) atoms. The maximum Gasteiger partial charge on any atom is 0.262 e. The molecule has 0 spiro atoms. The lowest BCUT2D eigenvalue weighted by Crippen LogP contribution is -2.34. The van der Waals surface area contributed by atoms with E-state index in [-0.39, 0.29) is 5.91 Å². The lowest BCUT2D eigenvalue weighted by Gasteiger charge is -2.10. The molecule has 0 unspecified atom stereocenters. The normalized spacial score (nSPS) is 12.3. The molecule has 2 aromatic carbocycles. The number of nitrogens with one attached hydrogen (secondary N) is 2. The van der Waals surface area contributed by atoms with Crippen LogP contribution in [0.3, 0.4) is 0 Å². The number of nitrogens with zero attached hydrogens (tertiary/aromatic N) is 4. The van der Waals surface area contributed by atoms with Gasteiger partial charge in [0.1, 0.15) is 6.04 Å². The van der Waals surface area contributed by atoms with Crippen molar-refractivity contribution < 1.29 is 4.79 Å². The van der Waals surface area contributed by atoms with Gasteiger partial charge in [0.15, 0.2) is 5.13 Å². The number of carbonyl (C=O) groups excluding carboxylic acids is 1. The van der Waals surface area contributed by atoms with Crippen LogP contribution in [0.2, 0.25) is 0 Å². The Morgan fingerprint density at radius 2 is 2.10 bits per heavy atom. The van der Waals surface area contributed by atoms with E-state index in [1.807, 2.05) is 59.3 Å². The molecule has 0 aliphatic rings. The standard InChI is InChI=1S/C22H20N6OS/c1-15(25-22-26-18-8-3-5-10-20(18)30-22)21(29)27-24-13-16-14-28(12-6-11-23)19-9-4-2-7-17(16)19/h2-5,7-10,13-15H,6,12H2,1H3,(H,25,26)(H,27,29)/b24-13-/t15-/m0/s1. The lowest BCUT2D eigenvalue weighted by molar-refractivity contribution is -0.121. The number of amides is 1. The van der Waals surface area contributed by atoms with Crippen molar-refractivity contribution in [1.82, 2.24) is 15.0 Å². The summed E-state index contributed by atoms with van der Waals surface area (Å²) >= 11 is 1.51. The van der Waals surface area contributed by atoms with Gasteiger partial charge in [-0.3, -0.25) is 4.79 Å². The number of para-hydroxylation sites is 2. The van der Waals surface area contributed by atoms with Gasteiger partial charge < -0.3 is 9.88 Å². The van der Waals surface area contributed by atoms with Crippen LogP contribution in [0.25, 0.3) is 21.1 Å². The Morgan fingerprint density at radius 1 is 1.30 bits per heavy atom. The molecule has 150 valence electrons. The number of benzene rings is 2. The highest BCUT2D eigenvalue weighted by molar-refractivity contribution is 7.22. The van der Waals surface area contributed by atoms with Gasteiger partial charge in [-0.1, -0.05) is 41.7 Å². The Hall–Kier alpha value is -3.70. The fraction of sp³-hybridized carbons (Fsp3) is 0.182. The van der Waals surface area contributed by atoms with Crippen LogP contribution >= 0.6 is 11.3 Å². The Balaban J connectivity index is 1.42. The summed E-state index contributed by atoms with van der Waals surface area (Å²) in [6.45, 7) is 2.38. The predicted octanol–water partition coefficient (Wildman–Crippen LogP) is 4.12. The number of carbonyl (C=O) groups is 1. The maximum atomic E-state index is 12.4. The predicted molar refractivity (Wildman–Crippen MR) is 121 cm³/mol. The smallest absolute Gasteiger partial charge is 0.262 e. The number of aryl methyl sites for hydroxylation is 1. The first-order chi connectivity index (χ1) is 14.7. The molecule has 0 bridgehead atoms. The van der Waals surface area contributed by atoms with Gasteiger partial charge >= 0.3 is 0 Å². The molecule has 0 saturated heterocycles. The first-order valence-corrected chi connectivity index (χ1v) is 10.4. The van der Waals surface area contributed by atoms with Crippen LogP contribution in [0.5, 0.6) is 0 Å². The van der Waals surface area contributed by atoms with Gasteiger partial charge in [0.25, 0.3) is 5.91 Å². The summed E-state index contributed by atoms with van der Waals surface area (Å²) in [5.41, 5.74) is 5.41. The largest absolute Gasteiger partial charge is 0.350 e. The monoisotopic (exact) mass is 416 g/mol. The summed E-state index contributed by atoms with van der Waals surface area (Å²) in [5.74, 6) is -0.251. The second-order valence-electron chi connectivity index (χ2n) is 6.79. The number of fused-ring (bicyclic) bond motifs is 2. The Bertz CT molecular complexity index is 1230. The Labute approximate surface area is 177 Å². The second-order valence-corrected chi connectivity index (χ2v) is 7.82. The highest BCUT2D eigenvalue weighted by Crippen LogP contribution is 2.25. The van der Waals surface area contributed by atoms with Gasteiger partial charge in [-0.05, 0) is 25.1 Å². The van der Waals surface area contributed by atoms with Gasteiger partial charge in [-0.2, -0.15) is 10.4 Å². The molecule has 4 rings (SSSR count). The average Bonchev–Trinajstić information content (AvgIpc) is 3.33. The molecule has 0 saturated carbocycles. The van der Waals surface area contributed by atoms with E-state index in [2.05, 4.69) is 26.9 Å². The second kappa shape index (κ2) is 8.76. The number of rotatable bonds is 7. The third-order valence-electron chi connectivity index (χ3n) is 4.69. The van der Waals surface area contributed by atoms with Crippen LogP contribution in [0.1, 0.15) is 18.9 Å². The van der Waals surface area contributed by atoms with E-state index < -0.39 is 6.04 Å². The lowest BCUT2D eigenvalue weighted by atomic mass is 10.2. The average molecular weight is 417 g/mol. The van der Waals surface area contributed by atoms with Crippen molar-refractivity contribution in [1.29, 1.82) is 5.26 Å². The van der Waals surface area contributed by atoms with Crippen molar-refractivity contribution in [3.63, 3.8) is 0 Å². The molecule has 2 heterocycles. The molecule has 0 radical (unpaired) electrons. The summed E-state index contributed by atoms with van der Waals surface area (Å²) in [6, 6.07) is 17.4. The number of hydrogen-bond acceptors (Lipinski definition) is 6. The van der Waals surface area contributed by atoms with Crippen molar-refractivity contribution in [2.75, 3.05) is 5.32 Å². The third kappa shape index (κ3) is 4.16. The zero-order valence-electron chi connectivity index (χ0n) is 16.4. The van der Waals surface area contributed by atoms with Crippen LogP contribution in [-0.2, 0) is 11.3 Å². The molecule has 1 atom stereocenters. The zero-order chi connectivity index (χ0) is 20.9. The molecule has 7 nitrogen and oxygen atoms in total. The van der Waals surface area contributed by atoms with Crippen molar-refractivity contribution in [2.24, 2.45) is 5.10 Å². The van der Waals surface area contributed by atoms with E-state index in [0.29, 0.717) is 18.1 Å². The number of hydrazone groups is 1. The maximum absolute atomic E-state index is 12.4. The van der Waals surface area contributed by atoms with E-state index in [4.69, 9.17) is 5.26 Å². The van der Waals surface area contributed by atoms with Crippen molar-refractivity contribution >= 4 is 49.7 Å². The van der Waals surface area contributed by atoms with Gasteiger partial charge in [0.2, 0.25) is 0 Å². The zero-order valence-corrected chi connectivity index (χ0v) is 17.2. The summed E-state index contributed by atoms with van der Waals surface area (Å²) in [5, 5.41) is 17.8. The van der Waals surface area contributed by atoms with E-state index >= 15 is 0 Å².